The van der Waals surface area contributed by atoms with Crippen molar-refractivity contribution in [3.8, 4) is 23.0 Å². The second kappa shape index (κ2) is 10.9. The number of ketones is 2. The van der Waals surface area contributed by atoms with Crippen molar-refractivity contribution in [2.24, 2.45) is 0 Å². The zero-order valence-electron chi connectivity index (χ0n) is 19.3. The van der Waals surface area contributed by atoms with Crippen molar-refractivity contribution in [2.75, 3.05) is 0 Å². The molecule has 188 valence electrons. The van der Waals surface area contributed by atoms with Crippen molar-refractivity contribution in [1.29, 1.82) is 0 Å². The van der Waals surface area contributed by atoms with Crippen LogP contribution >= 0.6 is 23.2 Å². The summed E-state index contributed by atoms with van der Waals surface area (Å²) < 4.78 is 0. The summed E-state index contributed by atoms with van der Waals surface area (Å²) in [6, 6.07) is 21.9. The van der Waals surface area contributed by atoms with Crippen LogP contribution in [0.1, 0.15) is 50.1 Å². The van der Waals surface area contributed by atoms with Gasteiger partial charge in [0.1, 0.15) is 23.0 Å². The van der Waals surface area contributed by atoms with Crippen LogP contribution < -0.4 is 0 Å². The van der Waals surface area contributed by atoms with Crippen LogP contribution in [0.25, 0.3) is 0 Å². The Kier molecular flexibility index (Phi) is 7.71. The molecule has 37 heavy (non-hydrogen) atoms. The van der Waals surface area contributed by atoms with E-state index in [1.54, 1.807) is 60.7 Å². The van der Waals surface area contributed by atoms with E-state index in [-0.39, 0.29) is 39.1 Å². The van der Waals surface area contributed by atoms with E-state index in [0.717, 1.165) is 12.1 Å². The average molecular weight is 537 g/mol. The van der Waals surface area contributed by atoms with Crippen molar-refractivity contribution in [2.45, 2.75) is 18.3 Å². The third-order valence-corrected chi connectivity index (χ3v) is 6.77. The summed E-state index contributed by atoms with van der Waals surface area (Å²) in [7, 11) is 0. The first kappa shape index (κ1) is 26.1. The van der Waals surface area contributed by atoms with Crippen LogP contribution in [0.4, 0.5) is 0 Å². The molecule has 0 aliphatic rings. The Hall–Kier alpha value is -4.00. The van der Waals surface area contributed by atoms with Crippen molar-refractivity contribution in [3.05, 3.63) is 117 Å². The van der Waals surface area contributed by atoms with Gasteiger partial charge in [0.15, 0.2) is 11.6 Å². The number of hydrogen-bond donors (Lipinski definition) is 4. The molecule has 0 amide bonds. The number of rotatable bonds is 8. The van der Waals surface area contributed by atoms with Gasteiger partial charge in [-0.15, -0.1) is 0 Å². The molecule has 0 aromatic heterocycles. The molecule has 4 rings (SSSR count). The Morgan fingerprint density at radius 1 is 0.568 bits per heavy atom. The Bertz CT molecular complexity index is 1340. The number of Topliss-reactive ketones (excluding diaryl/α,β-unsaturated/α-hetero) is 2. The number of aromatic hydroxyl groups is 4. The molecule has 8 heteroatoms. The summed E-state index contributed by atoms with van der Waals surface area (Å²) in [5.74, 6) is -4.46. The number of phenols is 4. The average Bonchev–Trinajstić information content (AvgIpc) is 2.89. The summed E-state index contributed by atoms with van der Waals surface area (Å²) >= 11 is 12.1. The number of carbonyl (C=O) groups is 2. The van der Waals surface area contributed by atoms with Gasteiger partial charge >= 0.3 is 0 Å². The van der Waals surface area contributed by atoms with E-state index in [1.165, 1.54) is 12.1 Å². The molecule has 0 aliphatic carbocycles. The maximum absolute atomic E-state index is 13.8. The minimum atomic E-state index is -0.906. The van der Waals surface area contributed by atoms with E-state index in [0.29, 0.717) is 11.1 Å². The SMILES string of the molecule is O=C(c1cc(Cl)c(O)cc1O)C(CC(C(=O)c1cc(Cl)c(O)cc1O)c1ccccc1)c1ccccc1. The molecule has 0 aliphatic heterocycles. The number of halogens is 2. The summed E-state index contributed by atoms with van der Waals surface area (Å²) in [6.07, 6.45) is -0.0262. The van der Waals surface area contributed by atoms with E-state index < -0.39 is 34.9 Å². The Balaban J connectivity index is 1.83. The molecule has 0 saturated carbocycles. The minimum Gasteiger partial charge on any atom is -0.507 e. The fourth-order valence-electron chi connectivity index (χ4n) is 4.27. The normalized spacial score (nSPS) is 12.6. The van der Waals surface area contributed by atoms with E-state index in [1.807, 2.05) is 0 Å². The summed E-state index contributed by atoms with van der Waals surface area (Å²) in [5, 5.41) is 40.3. The second-order valence-corrected chi connectivity index (χ2v) is 9.35. The largest absolute Gasteiger partial charge is 0.507 e. The van der Waals surface area contributed by atoms with Gasteiger partial charge in [-0.2, -0.15) is 0 Å². The van der Waals surface area contributed by atoms with Crippen LogP contribution in [0, 0.1) is 0 Å². The zero-order valence-corrected chi connectivity index (χ0v) is 20.8. The van der Waals surface area contributed by atoms with Gasteiger partial charge in [0, 0.05) is 24.0 Å². The van der Waals surface area contributed by atoms with Crippen LogP contribution in [0.2, 0.25) is 10.0 Å². The quantitative estimate of drug-likeness (QED) is 0.183. The molecule has 0 bridgehead atoms. The maximum Gasteiger partial charge on any atom is 0.174 e. The molecule has 2 atom stereocenters. The first-order valence-corrected chi connectivity index (χ1v) is 12.0. The van der Waals surface area contributed by atoms with Crippen molar-refractivity contribution < 1.29 is 30.0 Å². The second-order valence-electron chi connectivity index (χ2n) is 8.53. The minimum absolute atomic E-state index is 0.0262. The highest BCUT2D eigenvalue weighted by molar-refractivity contribution is 6.33. The van der Waals surface area contributed by atoms with Gasteiger partial charge in [0.2, 0.25) is 0 Å². The number of hydrogen-bond acceptors (Lipinski definition) is 6. The van der Waals surface area contributed by atoms with E-state index in [4.69, 9.17) is 23.2 Å². The summed E-state index contributed by atoms with van der Waals surface area (Å²) in [4.78, 5) is 27.6. The molecule has 0 radical (unpaired) electrons. The standard InChI is InChI=1S/C29H22Cl2O6/c30-22-12-20(24(32)14-26(22)34)28(36)18(16-7-3-1-4-8-16)11-19(17-9-5-2-6-10-17)29(37)21-13-23(31)27(35)15-25(21)33/h1-10,12-15,18-19,32-35H,11H2. The van der Waals surface area contributed by atoms with E-state index >= 15 is 0 Å². The highest BCUT2D eigenvalue weighted by Gasteiger charge is 2.33. The van der Waals surface area contributed by atoms with Gasteiger partial charge in [-0.1, -0.05) is 83.9 Å². The van der Waals surface area contributed by atoms with Gasteiger partial charge in [-0.25, -0.2) is 0 Å². The van der Waals surface area contributed by atoms with Crippen LogP contribution in [0.3, 0.4) is 0 Å². The predicted molar refractivity (Wildman–Crippen MR) is 141 cm³/mol. The first-order chi connectivity index (χ1) is 17.7. The predicted octanol–water partition coefficient (Wildman–Crippen LogP) is 6.84. The van der Waals surface area contributed by atoms with Crippen LogP contribution in [0.15, 0.2) is 84.9 Å². The highest BCUT2D eigenvalue weighted by atomic mass is 35.5. The lowest BCUT2D eigenvalue weighted by Gasteiger charge is -2.24. The molecule has 0 fully saturated rings. The molecule has 0 saturated heterocycles. The molecule has 0 spiro atoms. The zero-order chi connectivity index (χ0) is 26.7. The smallest absolute Gasteiger partial charge is 0.174 e. The van der Waals surface area contributed by atoms with Gasteiger partial charge in [0.05, 0.1) is 21.2 Å². The summed E-state index contributed by atoms with van der Waals surface area (Å²) in [6.45, 7) is 0. The van der Waals surface area contributed by atoms with Crippen molar-refractivity contribution in [3.63, 3.8) is 0 Å². The maximum atomic E-state index is 13.8. The Morgan fingerprint density at radius 2 is 0.919 bits per heavy atom. The molecule has 4 aromatic rings. The fourth-order valence-corrected chi connectivity index (χ4v) is 4.59. The van der Waals surface area contributed by atoms with Gasteiger partial charge in [0.25, 0.3) is 0 Å². The molecule has 6 nitrogen and oxygen atoms in total. The fraction of sp³-hybridized carbons (Fsp3) is 0.103. The third-order valence-electron chi connectivity index (χ3n) is 6.17. The van der Waals surface area contributed by atoms with Crippen LogP contribution in [0.5, 0.6) is 23.0 Å². The lowest BCUT2D eigenvalue weighted by molar-refractivity contribution is 0.0916. The summed E-state index contributed by atoms with van der Waals surface area (Å²) in [5.41, 5.74) is 0.980. The Morgan fingerprint density at radius 3 is 1.27 bits per heavy atom. The van der Waals surface area contributed by atoms with E-state index in [2.05, 4.69) is 0 Å². The lowest BCUT2D eigenvalue weighted by Crippen LogP contribution is -2.21. The van der Waals surface area contributed by atoms with Crippen LogP contribution in [-0.2, 0) is 0 Å². The van der Waals surface area contributed by atoms with Crippen LogP contribution in [-0.4, -0.2) is 32.0 Å². The lowest BCUT2D eigenvalue weighted by atomic mass is 9.78. The third kappa shape index (κ3) is 5.56. The molecule has 4 aromatic carbocycles. The van der Waals surface area contributed by atoms with Gasteiger partial charge in [-0.3, -0.25) is 9.59 Å². The van der Waals surface area contributed by atoms with Crippen molar-refractivity contribution >= 4 is 34.8 Å². The molecular formula is C29H22Cl2O6. The molecule has 0 heterocycles. The first-order valence-electron chi connectivity index (χ1n) is 11.3. The van der Waals surface area contributed by atoms with Crippen molar-refractivity contribution in [1.82, 2.24) is 0 Å². The van der Waals surface area contributed by atoms with Gasteiger partial charge < -0.3 is 20.4 Å². The number of phenolic OH excluding ortho intramolecular Hbond substituents is 4. The molecule has 2 unspecified atom stereocenters. The Labute approximate surface area is 223 Å². The number of benzene rings is 4. The monoisotopic (exact) mass is 536 g/mol. The van der Waals surface area contributed by atoms with Gasteiger partial charge in [-0.05, 0) is 29.7 Å². The van der Waals surface area contributed by atoms with E-state index in [9.17, 15) is 30.0 Å². The number of carbonyl (C=O) groups excluding carboxylic acids is 2. The topological polar surface area (TPSA) is 115 Å². The molecule has 4 N–H and O–H groups in total. The highest BCUT2D eigenvalue weighted by Crippen LogP contribution is 2.40. The molecular weight excluding hydrogens is 515 g/mol.